The van der Waals surface area contributed by atoms with Crippen molar-refractivity contribution in [3.63, 3.8) is 0 Å². The average Bonchev–Trinajstić information content (AvgIpc) is 2.63. The second kappa shape index (κ2) is 5.62. The van der Waals surface area contributed by atoms with Crippen LogP contribution in [0.2, 0.25) is 0 Å². The third-order valence-electron chi connectivity index (χ3n) is 3.96. The van der Waals surface area contributed by atoms with Gasteiger partial charge in [0.25, 0.3) is 0 Å². The number of carbonyl (C=O) groups excluding carboxylic acids is 2. The molecule has 3 aromatic rings. The van der Waals surface area contributed by atoms with Gasteiger partial charge in [-0.3, -0.25) is 9.59 Å². The maximum atomic E-state index is 12.6. The molecule has 0 saturated carbocycles. The molecule has 0 heterocycles. The van der Waals surface area contributed by atoms with E-state index in [0.717, 1.165) is 10.8 Å². The lowest BCUT2D eigenvalue weighted by Gasteiger charge is -2.18. The van der Waals surface area contributed by atoms with Gasteiger partial charge in [-0.15, -0.1) is 0 Å². The summed E-state index contributed by atoms with van der Waals surface area (Å²) in [5.41, 5.74) is 0.612. The minimum Gasteiger partial charge on any atom is -0.451 e. The molecule has 0 atom stereocenters. The van der Waals surface area contributed by atoms with E-state index in [1.807, 2.05) is 36.4 Å². The van der Waals surface area contributed by atoms with Crippen LogP contribution in [-0.2, 0) is 0 Å². The lowest BCUT2D eigenvalue weighted by molar-refractivity contribution is 0.0943. The molecule has 0 unspecified atom stereocenters. The Labute approximate surface area is 143 Å². The van der Waals surface area contributed by atoms with Gasteiger partial charge >= 0.3 is 0 Å². The molecule has 4 rings (SSSR count). The predicted octanol–water partition coefficient (Wildman–Crippen LogP) is 4.75. The van der Waals surface area contributed by atoms with Crippen molar-refractivity contribution in [1.82, 2.24) is 0 Å². The molecule has 0 spiro atoms. The highest BCUT2D eigenvalue weighted by Crippen LogP contribution is 2.31. The number of ether oxygens (including phenoxy) is 1. The number of hydrogen-bond acceptors (Lipinski definition) is 3. The maximum Gasteiger partial charge on any atom is 0.230 e. The van der Waals surface area contributed by atoms with E-state index in [2.05, 4.69) is 0 Å². The number of ketones is 2. The predicted molar refractivity (Wildman–Crippen MR) is 92.6 cm³/mol. The third-order valence-corrected chi connectivity index (χ3v) is 4.31. The summed E-state index contributed by atoms with van der Waals surface area (Å²) in [4.78, 5) is 25.0. The molecule has 1 aliphatic rings. The van der Waals surface area contributed by atoms with Crippen molar-refractivity contribution in [3.05, 3.63) is 88.6 Å². The van der Waals surface area contributed by atoms with E-state index in [9.17, 15) is 9.59 Å². The summed E-state index contributed by atoms with van der Waals surface area (Å²) in [6, 6.07) is 19.8. The molecular weight excluding hydrogens is 324 g/mol. The van der Waals surface area contributed by atoms with E-state index < -0.39 is 5.78 Å². The largest absolute Gasteiger partial charge is 0.451 e. The Balaban J connectivity index is 1.76. The molecule has 0 amide bonds. The number of fused-ring (bicyclic) bond motifs is 2. The van der Waals surface area contributed by atoms with Crippen LogP contribution in [0.15, 0.2) is 77.5 Å². The summed E-state index contributed by atoms with van der Waals surface area (Å²) in [7, 11) is 0. The van der Waals surface area contributed by atoms with E-state index in [1.54, 1.807) is 30.3 Å². The Morgan fingerprint density at radius 2 is 1.33 bits per heavy atom. The monoisotopic (exact) mass is 334 g/mol. The number of carbonyl (C=O) groups is 2. The molecule has 0 saturated heterocycles. The van der Waals surface area contributed by atoms with Crippen LogP contribution in [0.5, 0.6) is 5.75 Å². The van der Waals surface area contributed by atoms with Crippen LogP contribution in [-0.4, -0.2) is 11.6 Å². The SMILES string of the molecule is O=C1C(Cl)=C(Oc2ccc3ccccc3c2)C(=O)c2ccccc21. The first-order valence-electron chi connectivity index (χ1n) is 7.40. The zero-order valence-electron chi connectivity index (χ0n) is 12.5. The van der Waals surface area contributed by atoms with Crippen molar-refractivity contribution >= 4 is 33.9 Å². The van der Waals surface area contributed by atoms with Crippen molar-refractivity contribution in [1.29, 1.82) is 0 Å². The first kappa shape index (κ1) is 14.7. The number of Topliss-reactive ketones (excluding diaryl/α,β-unsaturated/α-hetero) is 2. The number of benzene rings is 3. The Morgan fingerprint density at radius 3 is 2.08 bits per heavy atom. The Bertz CT molecular complexity index is 1030. The van der Waals surface area contributed by atoms with Gasteiger partial charge in [0.2, 0.25) is 11.6 Å². The average molecular weight is 335 g/mol. The summed E-state index contributed by atoms with van der Waals surface area (Å²) in [5, 5.41) is 1.84. The van der Waals surface area contributed by atoms with Gasteiger partial charge in [-0.05, 0) is 22.9 Å². The lowest BCUT2D eigenvalue weighted by atomic mass is 9.93. The molecular formula is C20H11ClO3. The van der Waals surface area contributed by atoms with E-state index in [1.165, 1.54) is 0 Å². The summed E-state index contributed by atoms with van der Waals surface area (Å²) >= 11 is 6.11. The molecule has 1 aliphatic carbocycles. The topological polar surface area (TPSA) is 43.4 Å². The molecule has 0 bridgehead atoms. The highest BCUT2D eigenvalue weighted by atomic mass is 35.5. The van der Waals surface area contributed by atoms with E-state index in [4.69, 9.17) is 16.3 Å². The molecule has 116 valence electrons. The highest BCUT2D eigenvalue weighted by Gasteiger charge is 2.32. The van der Waals surface area contributed by atoms with Gasteiger partial charge in [0.1, 0.15) is 10.8 Å². The standard InChI is InChI=1S/C20H11ClO3/c21-17-18(22)15-7-3-4-8-16(15)19(23)20(17)24-14-10-9-12-5-1-2-6-13(12)11-14/h1-11H. The summed E-state index contributed by atoms with van der Waals surface area (Å²) in [5.74, 6) is -0.455. The molecule has 3 nitrogen and oxygen atoms in total. The second-order valence-corrected chi connectivity index (χ2v) is 5.84. The minimum absolute atomic E-state index is 0.129. The van der Waals surface area contributed by atoms with Gasteiger partial charge in [0.15, 0.2) is 5.76 Å². The Kier molecular flexibility index (Phi) is 3.44. The fourth-order valence-corrected chi connectivity index (χ4v) is 2.99. The van der Waals surface area contributed by atoms with Gasteiger partial charge < -0.3 is 4.74 Å². The lowest BCUT2D eigenvalue weighted by Crippen LogP contribution is -2.23. The smallest absolute Gasteiger partial charge is 0.230 e. The first-order valence-corrected chi connectivity index (χ1v) is 7.78. The number of allylic oxidation sites excluding steroid dienone is 2. The quantitative estimate of drug-likeness (QED) is 0.679. The normalized spacial score (nSPS) is 14.0. The van der Waals surface area contributed by atoms with Crippen LogP contribution in [0.4, 0.5) is 0 Å². The maximum absolute atomic E-state index is 12.6. The molecule has 24 heavy (non-hydrogen) atoms. The Hall–Kier alpha value is -2.91. The van der Waals surface area contributed by atoms with Crippen LogP contribution >= 0.6 is 11.6 Å². The van der Waals surface area contributed by atoms with Crippen molar-refractivity contribution in [3.8, 4) is 5.75 Å². The van der Waals surface area contributed by atoms with Crippen LogP contribution in [0.1, 0.15) is 20.7 Å². The van der Waals surface area contributed by atoms with Crippen LogP contribution in [0, 0.1) is 0 Å². The van der Waals surface area contributed by atoms with E-state index in [-0.39, 0.29) is 16.6 Å². The molecule has 0 fully saturated rings. The number of rotatable bonds is 2. The summed E-state index contributed by atoms with van der Waals surface area (Å²) < 4.78 is 5.69. The van der Waals surface area contributed by atoms with Crippen LogP contribution in [0.25, 0.3) is 10.8 Å². The molecule has 0 aliphatic heterocycles. The van der Waals surface area contributed by atoms with Gasteiger partial charge in [-0.1, -0.05) is 66.2 Å². The molecule has 3 aromatic carbocycles. The van der Waals surface area contributed by atoms with Crippen molar-refractivity contribution in [2.45, 2.75) is 0 Å². The molecule has 4 heteroatoms. The van der Waals surface area contributed by atoms with Gasteiger partial charge in [0, 0.05) is 11.1 Å². The van der Waals surface area contributed by atoms with E-state index >= 15 is 0 Å². The minimum atomic E-state index is -0.400. The first-order chi connectivity index (χ1) is 11.6. The fraction of sp³-hybridized carbons (Fsp3) is 0. The zero-order valence-corrected chi connectivity index (χ0v) is 13.2. The van der Waals surface area contributed by atoms with E-state index in [0.29, 0.717) is 16.9 Å². The van der Waals surface area contributed by atoms with Crippen molar-refractivity contribution in [2.75, 3.05) is 0 Å². The number of hydrogen-bond donors (Lipinski definition) is 0. The zero-order chi connectivity index (χ0) is 16.7. The second-order valence-electron chi connectivity index (χ2n) is 5.46. The van der Waals surface area contributed by atoms with Crippen molar-refractivity contribution in [2.24, 2.45) is 0 Å². The Morgan fingerprint density at radius 1 is 0.708 bits per heavy atom. The molecule has 0 aromatic heterocycles. The van der Waals surface area contributed by atoms with Gasteiger partial charge in [-0.25, -0.2) is 0 Å². The van der Waals surface area contributed by atoms with Crippen molar-refractivity contribution < 1.29 is 14.3 Å². The molecule has 0 radical (unpaired) electrons. The van der Waals surface area contributed by atoms with Gasteiger partial charge in [-0.2, -0.15) is 0 Å². The summed E-state index contributed by atoms with van der Waals surface area (Å²) in [6.07, 6.45) is 0. The summed E-state index contributed by atoms with van der Waals surface area (Å²) in [6.45, 7) is 0. The van der Waals surface area contributed by atoms with Crippen LogP contribution < -0.4 is 4.74 Å². The highest BCUT2D eigenvalue weighted by molar-refractivity contribution is 6.49. The fourth-order valence-electron chi connectivity index (χ4n) is 2.76. The van der Waals surface area contributed by atoms with Gasteiger partial charge in [0.05, 0.1) is 0 Å². The molecule has 0 N–H and O–H groups in total. The third kappa shape index (κ3) is 2.30. The number of halogens is 1. The van der Waals surface area contributed by atoms with Crippen LogP contribution in [0.3, 0.4) is 0 Å².